The smallest absolute Gasteiger partial charge is 0.313 e. The van der Waals surface area contributed by atoms with E-state index >= 15 is 0 Å². The van der Waals surface area contributed by atoms with Gasteiger partial charge in [-0.05, 0) is 49.1 Å². The number of nitriles is 1. The third kappa shape index (κ3) is 4.99. The van der Waals surface area contributed by atoms with Gasteiger partial charge in [0, 0.05) is 42.7 Å². The molecule has 0 unspecified atom stereocenters. The number of piperidine rings is 1. The van der Waals surface area contributed by atoms with Gasteiger partial charge >= 0.3 is 11.8 Å². The number of hydrogen-bond donors (Lipinski definition) is 2. The standard InChI is InChI=1S/C20H20ClN5O2/c21-16-2-1-15(12-22)18(11-16)25-20(28)19(27)24-13-14-5-9-26(10-6-14)17-3-7-23-8-4-17/h1-4,7-8,11,14H,5-6,9-10,13H2,(H,24,27)(H,25,28). The molecule has 28 heavy (non-hydrogen) atoms. The van der Waals surface area contributed by atoms with Gasteiger partial charge in [-0.15, -0.1) is 0 Å². The number of aromatic nitrogens is 1. The first-order valence-electron chi connectivity index (χ1n) is 9.00. The number of benzene rings is 1. The second-order valence-electron chi connectivity index (χ2n) is 6.60. The van der Waals surface area contributed by atoms with Crippen LogP contribution in [-0.2, 0) is 9.59 Å². The van der Waals surface area contributed by atoms with Crippen LogP contribution in [0.4, 0.5) is 11.4 Å². The Kier molecular flexibility index (Phi) is 6.45. The molecule has 2 aromatic rings. The molecule has 3 rings (SSSR count). The number of amides is 2. The van der Waals surface area contributed by atoms with Crippen LogP contribution in [0.5, 0.6) is 0 Å². The van der Waals surface area contributed by atoms with Crippen LogP contribution in [0.15, 0.2) is 42.7 Å². The van der Waals surface area contributed by atoms with Crippen molar-refractivity contribution in [1.82, 2.24) is 10.3 Å². The summed E-state index contributed by atoms with van der Waals surface area (Å²) in [6, 6.07) is 10.4. The Morgan fingerprint density at radius 2 is 1.89 bits per heavy atom. The lowest BCUT2D eigenvalue weighted by Crippen LogP contribution is -2.41. The summed E-state index contributed by atoms with van der Waals surface area (Å²) in [5.74, 6) is -1.22. The van der Waals surface area contributed by atoms with Crippen LogP contribution in [0.25, 0.3) is 0 Å². The summed E-state index contributed by atoms with van der Waals surface area (Å²) in [6.45, 7) is 2.23. The lowest BCUT2D eigenvalue weighted by molar-refractivity contribution is -0.136. The first-order valence-corrected chi connectivity index (χ1v) is 9.38. The highest BCUT2D eigenvalue weighted by Crippen LogP contribution is 2.22. The predicted octanol–water partition coefficient (Wildman–Crippen LogP) is 2.58. The summed E-state index contributed by atoms with van der Waals surface area (Å²) in [7, 11) is 0. The van der Waals surface area contributed by atoms with E-state index in [2.05, 4.69) is 20.5 Å². The van der Waals surface area contributed by atoms with Crippen LogP contribution in [0.3, 0.4) is 0 Å². The monoisotopic (exact) mass is 397 g/mol. The number of nitrogens with zero attached hydrogens (tertiary/aromatic N) is 3. The number of carbonyl (C=O) groups excluding carboxylic acids is 2. The van der Waals surface area contributed by atoms with Gasteiger partial charge in [0.2, 0.25) is 0 Å². The molecule has 1 aromatic carbocycles. The molecule has 0 radical (unpaired) electrons. The number of hydrogen-bond acceptors (Lipinski definition) is 5. The highest BCUT2D eigenvalue weighted by atomic mass is 35.5. The van der Waals surface area contributed by atoms with Crippen LogP contribution in [0.1, 0.15) is 18.4 Å². The number of halogens is 1. The van der Waals surface area contributed by atoms with Crippen LogP contribution in [0, 0.1) is 17.2 Å². The number of nitrogens with one attached hydrogen (secondary N) is 2. The molecule has 1 saturated heterocycles. The van der Waals surface area contributed by atoms with E-state index in [1.807, 2.05) is 18.2 Å². The van der Waals surface area contributed by atoms with Crippen LogP contribution in [-0.4, -0.2) is 36.4 Å². The Bertz CT molecular complexity index is 889. The number of pyridine rings is 1. The summed E-state index contributed by atoms with van der Waals surface area (Å²) in [5.41, 5.74) is 1.61. The Hall–Kier alpha value is -3.11. The van der Waals surface area contributed by atoms with Gasteiger partial charge in [-0.25, -0.2) is 0 Å². The number of carbonyl (C=O) groups is 2. The van der Waals surface area contributed by atoms with Gasteiger partial charge in [-0.2, -0.15) is 5.26 Å². The molecule has 1 fully saturated rings. The number of rotatable bonds is 4. The highest BCUT2D eigenvalue weighted by Gasteiger charge is 2.22. The van der Waals surface area contributed by atoms with Crippen molar-refractivity contribution in [1.29, 1.82) is 5.26 Å². The van der Waals surface area contributed by atoms with Gasteiger partial charge in [-0.3, -0.25) is 14.6 Å². The zero-order chi connectivity index (χ0) is 19.9. The van der Waals surface area contributed by atoms with Crippen molar-refractivity contribution in [3.63, 3.8) is 0 Å². The summed E-state index contributed by atoms with van der Waals surface area (Å²) in [5, 5.41) is 14.6. The Morgan fingerprint density at radius 3 is 2.57 bits per heavy atom. The predicted molar refractivity (Wildman–Crippen MR) is 107 cm³/mol. The van der Waals surface area contributed by atoms with Gasteiger partial charge < -0.3 is 15.5 Å². The molecule has 144 valence electrons. The third-order valence-corrected chi connectivity index (χ3v) is 4.99. The Balaban J connectivity index is 1.46. The maximum Gasteiger partial charge on any atom is 0.313 e. The summed E-state index contributed by atoms with van der Waals surface area (Å²) in [4.78, 5) is 30.5. The van der Waals surface area contributed by atoms with E-state index in [-0.39, 0.29) is 11.3 Å². The summed E-state index contributed by atoms with van der Waals surface area (Å²) in [6.07, 6.45) is 5.41. The second-order valence-corrected chi connectivity index (χ2v) is 7.04. The van der Waals surface area contributed by atoms with Crippen LogP contribution < -0.4 is 15.5 Å². The molecule has 8 heteroatoms. The first kappa shape index (κ1) is 19.6. The molecule has 0 atom stereocenters. The lowest BCUT2D eigenvalue weighted by atomic mass is 9.96. The normalized spacial score (nSPS) is 14.2. The van der Waals surface area contributed by atoms with Crippen molar-refractivity contribution >= 4 is 34.8 Å². The maximum atomic E-state index is 12.1. The van der Waals surface area contributed by atoms with Crippen molar-refractivity contribution in [2.45, 2.75) is 12.8 Å². The van der Waals surface area contributed by atoms with Gasteiger partial charge in [0.1, 0.15) is 6.07 Å². The largest absolute Gasteiger partial charge is 0.371 e. The minimum Gasteiger partial charge on any atom is -0.371 e. The zero-order valence-electron chi connectivity index (χ0n) is 15.2. The van der Waals surface area contributed by atoms with E-state index < -0.39 is 11.8 Å². The minimum atomic E-state index is -0.812. The molecular formula is C20H20ClN5O2. The van der Waals surface area contributed by atoms with Crippen molar-refractivity contribution in [2.75, 3.05) is 29.9 Å². The van der Waals surface area contributed by atoms with Crippen molar-refractivity contribution < 1.29 is 9.59 Å². The van der Waals surface area contributed by atoms with Crippen LogP contribution in [0.2, 0.25) is 5.02 Å². The molecule has 0 aliphatic carbocycles. The van der Waals surface area contributed by atoms with Crippen molar-refractivity contribution in [2.24, 2.45) is 5.92 Å². The fourth-order valence-corrected chi connectivity index (χ4v) is 3.34. The zero-order valence-corrected chi connectivity index (χ0v) is 15.9. The molecule has 2 N–H and O–H groups in total. The molecule has 1 aliphatic rings. The minimum absolute atomic E-state index is 0.223. The number of anilines is 2. The van der Waals surface area contributed by atoms with Crippen molar-refractivity contribution in [3.8, 4) is 6.07 Å². The van der Waals surface area contributed by atoms with E-state index in [1.54, 1.807) is 18.5 Å². The average Bonchev–Trinajstić information content (AvgIpc) is 2.73. The summed E-state index contributed by atoms with van der Waals surface area (Å²) >= 11 is 5.89. The molecule has 1 aliphatic heterocycles. The Morgan fingerprint density at radius 1 is 1.18 bits per heavy atom. The molecule has 2 amide bonds. The van der Waals surface area contributed by atoms with E-state index in [9.17, 15) is 9.59 Å². The van der Waals surface area contributed by atoms with Crippen LogP contribution >= 0.6 is 11.6 Å². The fourth-order valence-electron chi connectivity index (χ4n) is 3.16. The van der Waals surface area contributed by atoms with E-state index in [1.165, 1.54) is 12.1 Å². The summed E-state index contributed by atoms with van der Waals surface area (Å²) < 4.78 is 0. The average molecular weight is 398 g/mol. The van der Waals surface area contributed by atoms with E-state index in [0.29, 0.717) is 17.5 Å². The van der Waals surface area contributed by atoms with E-state index in [4.69, 9.17) is 16.9 Å². The molecule has 1 aromatic heterocycles. The van der Waals surface area contributed by atoms with Gasteiger partial charge in [-0.1, -0.05) is 11.6 Å². The third-order valence-electron chi connectivity index (χ3n) is 4.75. The Labute approximate surface area is 168 Å². The molecule has 0 saturated carbocycles. The van der Waals surface area contributed by atoms with E-state index in [0.717, 1.165) is 31.6 Å². The van der Waals surface area contributed by atoms with Gasteiger partial charge in [0.15, 0.2) is 0 Å². The SMILES string of the molecule is N#Cc1ccc(Cl)cc1NC(=O)C(=O)NCC1CCN(c2ccncc2)CC1. The molecular weight excluding hydrogens is 378 g/mol. The molecule has 0 bridgehead atoms. The molecule has 7 nitrogen and oxygen atoms in total. The van der Waals surface area contributed by atoms with Crippen molar-refractivity contribution in [3.05, 3.63) is 53.3 Å². The topological polar surface area (TPSA) is 98.1 Å². The highest BCUT2D eigenvalue weighted by molar-refractivity contribution is 6.40. The maximum absolute atomic E-state index is 12.1. The van der Waals surface area contributed by atoms with Gasteiger partial charge in [0.05, 0.1) is 11.3 Å². The van der Waals surface area contributed by atoms with Gasteiger partial charge in [0.25, 0.3) is 0 Å². The molecule has 0 spiro atoms. The fraction of sp³-hybridized carbons (Fsp3) is 0.300. The second kappa shape index (κ2) is 9.20. The molecule has 2 heterocycles. The lowest BCUT2D eigenvalue weighted by Gasteiger charge is -2.33. The first-order chi connectivity index (χ1) is 13.6. The quantitative estimate of drug-likeness (QED) is 0.772.